The first kappa shape index (κ1) is 24.6. The summed E-state index contributed by atoms with van der Waals surface area (Å²) in [4.78, 5) is 32.1. The van der Waals surface area contributed by atoms with Crippen molar-refractivity contribution in [3.05, 3.63) is 78.9 Å². The van der Waals surface area contributed by atoms with Crippen molar-refractivity contribution >= 4 is 17.8 Å². The molecular weight excluding hydrogens is 460 g/mol. The van der Waals surface area contributed by atoms with Crippen molar-refractivity contribution in [2.75, 3.05) is 26.1 Å². The lowest BCUT2D eigenvalue weighted by Crippen LogP contribution is -2.42. The summed E-state index contributed by atoms with van der Waals surface area (Å²) < 4.78 is 17.6. The number of benzene rings is 2. The van der Waals surface area contributed by atoms with Gasteiger partial charge in [0.2, 0.25) is 11.9 Å². The maximum Gasteiger partial charge on any atom is 0.290 e. The second kappa shape index (κ2) is 10.8. The Morgan fingerprint density at radius 1 is 1.03 bits per heavy atom. The molecule has 0 radical (unpaired) electrons. The summed E-state index contributed by atoms with van der Waals surface area (Å²) in [5.74, 6) is 1.15. The van der Waals surface area contributed by atoms with Crippen LogP contribution >= 0.6 is 0 Å². The van der Waals surface area contributed by atoms with E-state index in [1.54, 1.807) is 30.9 Å². The second-order valence-corrected chi connectivity index (χ2v) is 8.30. The Hall–Kier alpha value is -4.53. The van der Waals surface area contributed by atoms with Crippen molar-refractivity contribution in [1.29, 1.82) is 0 Å². The molecule has 0 bridgehead atoms. The lowest BCUT2D eigenvalue weighted by atomic mass is 10.1. The number of carbonyl (C=O) groups is 2. The highest BCUT2D eigenvalue weighted by Crippen LogP contribution is 2.27. The fourth-order valence-electron chi connectivity index (χ4n) is 3.68. The minimum Gasteiger partial charge on any atom is -0.497 e. The van der Waals surface area contributed by atoms with Crippen molar-refractivity contribution < 1.29 is 23.5 Å². The number of hydrogen-bond donors (Lipinski definition) is 1. The third-order valence-electron chi connectivity index (χ3n) is 5.60. The van der Waals surface area contributed by atoms with E-state index in [9.17, 15) is 9.59 Å². The molecule has 2 aromatic heterocycles. The van der Waals surface area contributed by atoms with Crippen LogP contribution in [0.1, 0.15) is 24.4 Å². The zero-order chi connectivity index (χ0) is 25.7. The zero-order valence-corrected chi connectivity index (χ0v) is 20.6. The van der Waals surface area contributed by atoms with Crippen molar-refractivity contribution in [2.24, 2.45) is 0 Å². The van der Waals surface area contributed by atoms with Crippen LogP contribution in [-0.2, 0) is 4.79 Å². The van der Waals surface area contributed by atoms with Crippen molar-refractivity contribution in [2.45, 2.75) is 19.9 Å². The number of methoxy groups -OCH3 is 2. The van der Waals surface area contributed by atoms with Gasteiger partial charge in [0.05, 0.1) is 26.2 Å². The molecule has 0 fully saturated rings. The summed E-state index contributed by atoms with van der Waals surface area (Å²) in [6, 6.07) is 17.9. The van der Waals surface area contributed by atoms with Crippen molar-refractivity contribution in [3.8, 4) is 28.4 Å². The fraction of sp³-hybridized carbons (Fsp3) is 0.222. The smallest absolute Gasteiger partial charge is 0.290 e. The molecule has 0 spiro atoms. The normalized spacial score (nSPS) is 10.8. The molecule has 186 valence electrons. The predicted octanol–water partition coefficient (Wildman–Crippen LogP) is 4.64. The number of hydrogen-bond acceptors (Lipinski definition) is 6. The largest absolute Gasteiger partial charge is 0.497 e. The van der Waals surface area contributed by atoms with E-state index in [4.69, 9.17) is 13.9 Å². The van der Waals surface area contributed by atoms with E-state index in [-0.39, 0.29) is 30.2 Å². The highest BCUT2D eigenvalue weighted by molar-refractivity contribution is 5.97. The number of rotatable bonds is 9. The van der Waals surface area contributed by atoms with Gasteiger partial charge < -0.3 is 18.8 Å². The van der Waals surface area contributed by atoms with Gasteiger partial charge in [0.1, 0.15) is 18.0 Å². The molecule has 4 aromatic rings. The van der Waals surface area contributed by atoms with Gasteiger partial charge in [0.15, 0.2) is 5.76 Å². The molecule has 4 rings (SSSR count). The molecule has 2 amide bonds. The quantitative estimate of drug-likeness (QED) is 0.369. The molecular formula is C27H28N4O5. The van der Waals surface area contributed by atoms with Crippen molar-refractivity contribution in [1.82, 2.24) is 14.5 Å². The van der Waals surface area contributed by atoms with Crippen LogP contribution in [0, 0.1) is 0 Å². The van der Waals surface area contributed by atoms with Crippen LogP contribution in [0.3, 0.4) is 0 Å². The number of ether oxygens (including phenoxy) is 2. The van der Waals surface area contributed by atoms with Gasteiger partial charge in [0, 0.05) is 23.5 Å². The van der Waals surface area contributed by atoms with E-state index < -0.39 is 0 Å². The van der Waals surface area contributed by atoms with Crippen LogP contribution in [0.2, 0.25) is 0 Å². The van der Waals surface area contributed by atoms with E-state index in [0.29, 0.717) is 23.1 Å². The van der Waals surface area contributed by atoms with E-state index in [0.717, 1.165) is 11.3 Å². The summed E-state index contributed by atoms with van der Waals surface area (Å²) in [5, 5.41) is 2.87. The summed E-state index contributed by atoms with van der Waals surface area (Å²) in [7, 11) is 3.20. The van der Waals surface area contributed by atoms with Crippen LogP contribution in [-0.4, -0.2) is 53.1 Å². The van der Waals surface area contributed by atoms with Gasteiger partial charge in [0.25, 0.3) is 5.91 Å². The first-order valence-electron chi connectivity index (χ1n) is 11.4. The third-order valence-corrected chi connectivity index (χ3v) is 5.60. The standard InChI is InChI=1S/C27H28N4O5/c1-18(2)30(26(33)24-9-6-14-36-24)17-25(32)29-27-28-23(19-7-5-8-22(15-19)35-4)16-31(27)20-10-12-21(34-3)13-11-20/h5-16,18H,17H2,1-4H3,(H,28,29,32). The molecule has 0 aliphatic carbocycles. The van der Waals surface area contributed by atoms with Crippen LogP contribution in [0.4, 0.5) is 5.95 Å². The molecule has 0 saturated heterocycles. The number of furan rings is 1. The number of carbonyl (C=O) groups excluding carboxylic acids is 2. The number of nitrogens with one attached hydrogen (secondary N) is 1. The molecule has 2 aromatic carbocycles. The number of amides is 2. The van der Waals surface area contributed by atoms with E-state index in [1.165, 1.54) is 11.2 Å². The molecule has 0 atom stereocenters. The maximum atomic E-state index is 13.1. The lowest BCUT2D eigenvalue weighted by molar-refractivity contribution is -0.117. The summed E-state index contributed by atoms with van der Waals surface area (Å²) in [5.41, 5.74) is 2.25. The first-order chi connectivity index (χ1) is 17.4. The Bertz CT molecular complexity index is 1330. The van der Waals surface area contributed by atoms with Gasteiger partial charge in [-0.05, 0) is 62.4 Å². The molecule has 0 unspecified atom stereocenters. The maximum absolute atomic E-state index is 13.1. The Morgan fingerprint density at radius 2 is 1.78 bits per heavy atom. The minimum atomic E-state index is -0.388. The average molecular weight is 489 g/mol. The molecule has 0 saturated carbocycles. The van der Waals surface area contributed by atoms with E-state index in [2.05, 4.69) is 10.3 Å². The highest BCUT2D eigenvalue weighted by atomic mass is 16.5. The number of nitrogens with zero attached hydrogens (tertiary/aromatic N) is 3. The van der Waals surface area contributed by atoms with Gasteiger partial charge in [-0.25, -0.2) is 4.98 Å². The van der Waals surface area contributed by atoms with Crippen LogP contribution in [0.25, 0.3) is 16.9 Å². The summed E-state index contributed by atoms with van der Waals surface area (Å²) in [6.45, 7) is 3.52. The predicted molar refractivity (Wildman–Crippen MR) is 136 cm³/mol. The molecule has 9 nitrogen and oxygen atoms in total. The Morgan fingerprint density at radius 3 is 2.42 bits per heavy atom. The molecule has 1 N–H and O–H groups in total. The van der Waals surface area contributed by atoms with Crippen LogP contribution in [0.5, 0.6) is 11.5 Å². The third kappa shape index (κ3) is 5.41. The molecule has 36 heavy (non-hydrogen) atoms. The Kier molecular flexibility index (Phi) is 7.39. The Labute approximate surface area is 209 Å². The van der Waals surface area contributed by atoms with Crippen LogP contribution < -0.4 is 14.8 Å². The van der Waals surface area contributed by atoms with Gasteiger partial charge in [-0.15, -0.1) is 0 Å². The van der Waals surface area contributed by atoms with Gasteiger partial charge >= 0.3 is 0 Å². The minimum absolute atomic E-state index is 0.166. The fourth-order valence-corrected chi connectivity index (χ4v) is 3.68. The molecule has 2 heterocycles. The van der Waals surface area contributed by atoms with Crippen molar-refractivity contribution in [3.63, 3.8) is 0 Å². The van der Waals surface area contributed by atoms with Gasteiger partial charge in [-0.1, -0.05) is 12.1 Å². The topological polar surface area (TPSA) is 98.8 Å². The van der Waals surface area contributed by atoms with E-state index >= 15 is 0 Å². The first-order valence-corrected chi connectivity index (χ1v) is 11.4. The second-order valence-electron chi connectivity index (χ2n) is 8.30. The lowest BCUT2D eigenvalue weighted by Gasteiger charge is -2.25. The summed E-state index contributed by atoms with van der Waals surface area (Å²) in [6.07, 6.45) is 3.26. The summed E-state index contributed by atoms with van der Waals surface area (Å²) >= 11 is 0. The molecule has 9 heteroatoms. The monoisotopic (exact) mass is 488 g/mol. The average Bonchev–Trinajstić information content (AvgIpc) is 3.58. The highest BCUT2D eigenvalue weighted by Gasteiger charge is 2.24. The van der Waals surface area contributed by atoms with Gasteiger partial charge in [-0.2, -0.15) is 0 Å². The van der Waals surface area contributed by atoms with E-state index in [1.807, 2.05) is 68.6 Å². The zero-order valence-electron chi connectivity index (χ0n) is 20.6. The van der Waals surface area contributed by atoms with Crippen LogP contribution in [0.15, 0.2) is 77.5 Å². The van der Waals surface area contributed by atoms with Gasteiger partial charge in [-0.3, -0.25) is 19.5 Å². The Balaban J connectivity index is 1.64. The number of aromatic nitrogens is 2. The number of anilines is 1. The number of imidazole rings is 1. The molecule has 0 aliphatic heterocycles. The SMILES string of the molecule is COc1ccc(-n2cc(-c3cccc(OC)c3)nc2NC(=O)CN(C(=O)c2ccco2)C(C)C)cc1. The molecule has 0 aliphatic rings.